The van der Waals surface area contributed by atoms with Crippen molar-refractivity contribution in [3.05, 3.63) is 108 Å². The molecule has 0 aliphatic rings. The Kier molecular flexibility index (Phi) is 8.85. The Balaban J connectivity index is 1.60. The fourth-order valence-corrected chi connectivity index (χ4v) is 4.93. The number of anilines is 1. The molecule has 0 saturated heterocycles. The molecule has 0 unspecified atom stereocenters. The number of fused-ring (bicyclic) bond motifs is 1. The van der Waals surface area contributed by atoms with Crippen LogP contribution in [0.15, 0.2) is 91.0 Å². The van der Waals surface area contributed by atoms with Crippen LogP contribution < -0.4 is 19.5 Å². The monoisotopic (exact) mass is 579 g/mol. The number of aryl methyl sites for hydroxylation is 1. The smallest absolute Gasteiger partial charge is 0.251 e. The molecule has 0 saturated carbocycles. The zero-order chi connectivity index (χ0) is 30.3. The zero-order valence-electron chi connectivity index (χ0n) is 24.5. The van der Waals surface area contributed by atoms with Gasteiger partial charge in [-0.1, -0.05) is 47.7 Å². The van der Waals surface area contributed by atoms with Crippen molar-refractivity contribution < 1.29 is 23.8 Å². The first-order valence-electron chi connectivity index (χ1n) is 13.7. The summed E-state index contributed by atoms with van der Waals surface area (Å²) in [5.74, 6) is 0.886. The Hall–Kier alpha value is -5.38. The summed E-state index contributed by atoms with van der Waals surface area (Å²) in [5, 5.41) is 11.4. The van der Waals surface area contributed by atoms with E-state index in [0.29, 0.717) is 34.0 Å². The van der Waals surface area contributed by atoms with E-state index in [1.807, 2.05) is 55.5 Å². The first-order chi connectivity index (χ1) is 20.9. The van der Waals surface area contributed by atoms with Crippen molar-refractivity contribution in [1.82, 2.24) is 19.9 Å². The van der Waals surface area contributed by atoms with Crippen molar-refractivity contribution in [3.63, 3.8) is 0 Å². The molecule has 220 valence electrons. The van der Waals surface area contributed by atoms with Gasteiger partial charge in [0.25, 0.3) is 5.91 Å². The molecule has 1 N–H and O–H groups in total. The topological polar surface area (TPSA) is 108 Å². The van der Waals surface area contributed by atoms with Crippen molar-refractivity contribution in [2.75, 3.05) is 26.6 Å². The van der Waals surface area contributed by atoms with E-state index in [9.17, 15) is 9.59 Å². The predicted octanol–water partition coefficient (Wildman–Crippen LogP) is 5.17. The minimum atomic E-state index is -1.04. The molecule has 5 aromatic rings. The SMILES string of the molecule is COc1ccc(NC(=O)[C@@H](c2ccc(OC)c(OC)c2)N(Cc2ccccc2C)C(=O)Cn2nnc3ccccc32)cc1. The second kappa shape index (κ2) is 13.1. The highest BCUT2D eigenvalue weighted by molar-refractivity contribution is 5.98. The largest absolute Gasteiger partial charge is 0.497 e. The number of rotatable bonds is 11. The number of methoxy groups -OCH3 is 3. The molecule has 4 aromatic carbocycles. The van der Waals surface area contributed by atoms with Crippen molar-refractivity contribution in [2.24, 2.45) is 0 Å². The molecule has 1 heterocycles. The van der Waals surface area contributed by atoms with E-state index in [0.717, 1.165) is 16.6 Å². The molecule has 43 heavy (non-hydrogen) atoms. The average molecular weight is 580 g/mol. The van der Waals surface area contributed by atoms with Gasteiger partial charge in [-0.3, -0.25) is 9.59 Å². The Morgan fingerprint density at radius 1 is 0.860 bits per heavy atom. The van der Waals surface area contributed by atoms with E-state index in [2.05, 4.69) is 15.6 Å². The summed E-state index contributed by atoms with van der Waals surface area (Å²) < 4.78 is 17.8. The molecule has 0 fully saturated rings. The van der Waals surface area contributed by atoms with Crippen LogP contribution in [0.2, 0.25) is 0 Å². The van der Waals surface area contributed by atoms with Crippen LogP contribution in [0, 0.1) is 6.92 Å². The molecule has 2 amide bonds. The molecule has 1 aromatic heterocycles. The molecule has 5 rings (SSSR count). The lowest BCUT2D eigenvalue weighted by atomic mass is 10.0. The van der Waals surface area contributed by atoms with E-state index in [-0.39, 0.29) is 19.0 Å². The summed E-state index contributed by atoms with van der Waals surface area (Å²) in [6.07, 6.45) is 0. The number of carbonyl (C=O) groups excluding carboxylic acids is 2. The standard InChI is InChI=1S/C33H33N5O5/c1-22-9-5-6-10-24(22)20-37(31(39)21-38-28-12-8-7-11-27(28)35-36-38)32(23-13-18-29(42-3)30(19-23)43-4)33(40)34-25-14-16-26(41-2)17-15-25/h5-19,32H,20-21H2,1-4H3,(H,34,40)/t32-/m1/s1. The van der Waals surface area contributed by atoms with E-state index in [1.54, 1.807) is 66.3 Å². The number of para-hydroxylation sites is 1. The summed E-state index contributed by atoms with van der Waals surface area (Å²) in [4.78, 5) is 30.1. The third-order valence-electron chi connectivity index (χ3n) is 7.27. The Labute approximate surface area is 249 Å². The number of benzene rings is 4. The Morgan fingerprint density at radius 2 is 1.58 bits per heavy atom. The van der Waals surface area contributed by atoms with Crippen LogP contribution in [0.3, 0.4) is 0 Å². The molecule has 0 bridgehead atoms. The van der Waals surface area contributed by atoms with Crippen LogP contribution in [0.25, 0.3) is 11.0 Å². The lowest BCUT2D eigenvalue weighted by molar-refractivity contribution is -0.140. The van der Waals surface area contributed by atoms with Gasteiger partial charge in [0.05, 0.1) is 26.8 Å². The van der Waals surface area contributed by atoms with Crippen molar-refractivity contribution in [2.45, 2.75) is 26.1 Å². The minimum absolute atomic E-state index is 0.119. The molecule has 0 aliphatic heterocycles. The number of nitrogens with zero attached hydrogens (tertiary/aromatic N) is 4. The quantitative estimate of drug-likeness (QED) is 0.230. The Morgan fingerprint density at radius 3 is 2.30 bits per heavy atom. The first-order valence-corrected chi connectivity index (χ1v) is 13.7. The fourth-order valence-electron chi connectivity index (χ4n) is 4.93. The van der Waals surface area contributed by atoms with Gasteiger partial charge < -0.3 is 24.4 Å². The van der Waals surface area contributed by atoms with Crippen molar-refractivity contribution >= 4 is 28.5 Å². The van der Waals surface area contributed by atoms with Crippen LogP contribution in [-0.2, 0) is 22.7 Å². The van der Waals surface area contributed by atoms with Crippen LogP contribution in [-0.4, -0.2) is 53.0 Å². The predicted molar refractivity (Wildman–Crippen MR) is 163 cm³/mol. The third kappa shape index (κ3) is 6.43. The molecular formula is C33H33N5O5. The van der Waals surface area contributed by atoms with E-state index < -0.39 is 11.9 Å². The van der Waals surface area contributed by atoms with Gasteiger partial charge in [-0.15, -0.1) is 5.10 Å². The maximum absolute atomic E-state index is 14.3. The maximum atomic E-state index is 14.3. The van der Waals surface area contributed by atoms with Crippen molar-refractivity contribution in [3.8, 4) is 17.2 Å². The van der Waals surface area contributed by atoms with Gasteiger partial charge in [0.15, 0.2) is 11.5 Å². The number of amides is 2. The lowest BCUT2D eigenvalue weighted by Gasteiger charge is -2.32. The second-order valence-electron chi connectivity index (χ2n) is 9.92. The van der Waals surface area contributed by atoms with E-state index in [4.69, 9.17) is 14.2 Å². The number of hydrogen-bond acceptors (Lipinski definition) is 7. The fraction of sp³-hybridized carbons (Fsp3) is 0.212. The van der Waals surface area contributed by atoms with Crippen LogP contribution in [0.5, 0.6) is 17.2 Å². The summed E-state index contributed by atoms with van der Waals surface area (Å²) >= 11 is 0. The van der Waals surface area contributed by atoms with E-state index in [1.165, 1.54) is 7.11 Å². The Bertz CT molecular complexity index is 1730. The maximum Gasteiger partial charge on any atom is 0.251 e. The highest BCUT2D eigenvalue weighted by atomic mass is 16.5. The van der Waals surface area contributed by atoms with Gasteiger partial charge in [-0.05, 0) is 72.1 Å². The molecule has 0 radical (unpaired) electrons. The molecule has 0 spiro atoms. The van der Waals surface area contributed by atoms with Gasteiger partial charge in [-0.25, -0.2) is 4.68 Å². The van der Waals surface area contributed by atoms with Gasteiger partial charge in [0.2, 0.25) is 5.91 Å². The lowest BCUT2D eigenvalue weighted by Crippen LogP contribution is -2.42. The van der Waals surface area contributed by atoms with Gasteiger partial charge in [0.1, 0.15) is 23.9 Å². The van der Waals surface area contributed by atoms with Crippen molar-refractivity contribution in [1.29, 1.82) is 0 Å². The summed E-state index contributed by atoms with van der Waals surface area (Å²) in [7, 11) is 4.65. The molecule has 10 heteroatoms. The van der Waals surface area contributed by atoms with Crippen LogP contribution in [0.4, 0.5) is 5.69 Å². The molecular weight excluding hydrogens is 546 g/mol. The van der Waals surface area contributed by atoms with Crippen LogP contribution >= 0.6 is 0 Å². The minimum Gasteiger partial charge on any atom is -0.497 e. The van der Waals surface area contributed by atoms with Crippen LogP contribution in [0.1, 0.15) is 22.7 Å². The second-order valence-corrected chi connectivity index (χ2v) is 9.92. The van der Waals surface area contributed by atoms with Gasteiger partial charge >= 0.3 is 0 Å². The number of ether oxygens (including phenoxy) is 3. The average Bonchev–Trinajstić information content (AvgIpc) is 3.44. The number of hydrogen-bond donors (Lipinski definition) is 1. The molecule has 10 nitrogen and oxygen atoms in total. The first kappa shape index (κ1) is 29.1. The summed E-state index contributed by atoms with van der Waals surface area (Å²) in [5.41, 5.74) is 4.40. The van der Waals surface area contributed by atoms with Gasteiger partial charge in [0, 0.05) is 12.2 Å². The summed E-state index contributed by atoms with van der Waals surface area (Å²) in [6.45, 7) is 2.03. The number of aromatic nitrogens is 3. The number of nitrogens with one attached hydrogen (secondary N) is 1. The highest BCUT2D eigenvalue weighted by Crippen LogP contribution is 2.34. The molecule has 1 atom stereocenters. The van der Waals surface area contributed by atoms with E-state index >= 15 is 0 Å². The van der Waals surface area contributed by atoms with Gasteiger partial charge in [-0.2, -0.15) is 0 Å². The molecule has 0 aliphatic carbocycles. The number of carbonyl (C=O) groups is 2. The summed E-state index contributed by atoms with van der Waals surface area (Å²) in [6, 6.07) is 26.4. The highest BCUT2D eigenvalue weighted by Gasteiger charge is 2.33. The third-order valence-corrected chi connectivity index (χ3v) is 7.27. The zero-order valence-corrected chi connectivity index (χ0v) is 24.5. The normalized spacial score (nSPS) is 11.5.